The summed E-state index contributed by atoms with van der Waals surface area (Å²) >= 11 is 0. The van der Waals surface area contributed by atoms with Crippen molar-refractivity contribution in [3.63, 3.8) is 0 Å². The molecule has 118 valence electrons. The Morgan fingerprint density at radius 2 is 2.10 bits per heavy atom. The van der Waals surface area contributed by atoms with E-state index >= 15 is 0 Å². The van der Waals surface area contributed by atoms with E-state index in [4.69, 9.17) is 0 Å². The summed E-state index contributed by atoms with van der Waals surface area (Å²) in [6.07, 6.45) is 5.63. The van der Waals surface area contributed by atoms with Crippen LogP contribution in [0.3, 0.4) is 0 Å². The average molecular weight is 291 g/mol. The van der Waals surface area contributed by atoms with Crippen LogP contribution in [0.4, 0.5) is 0 Å². The number of aromatic nitrogens is 2. The normalized spacial score (nSPS) is 30.4. The molecule has 0 amide bonds. The first-order valence-electron chi connectivity index (χ1n) is 8.51. The molecular weight excluding hydrogens is 262 g/mol. The summed E-state index contributed by atoms with van der Waals surface area (Å²) in [6.45, 7) is 10.4. The largest absolute Gasteiger partial charge is 0.390 e. The van der Waals surface area contributed by atoms with Gasteiger partial charge in [0, 0.05) is 43.4 Å². The molecule has 2 atom stereocenters. The lowest BCUT2D eigenvalue weighted by Crippen LogP contribution is -2.53. The maximum atomic E-state index is 10.8. The van der Waals surface area contributed by atoms with Crippen LogP contribution in [0.5, 0.6) is 0 Å². The van der Waals surface area contributed by atoms with Gasteiger partial charge < -0.3 is 5.11 Å². The molecule has 4 nitrogen and oxygen atoms in total. The SMILES string of the molecule is CCn1nc(C)c(CN2CCC3(O)CCCCC3C2)c1C. The van der Waals surface area contributed by atoms with E-state index in [-0.39, 0.29) is 5.60 Å². The van der Waals surface area contributed by atoms with E-state index in [1.165, 1.54) is 36.2 Å². The summed E-state index contributed by atoms with van der Waals surface area (Å²) in [7, 11) is 0. The minimum absolute atomic E-state index is 0.369. The van der Waals surface area contributed by atoms with Crippen molar-refractivity contribution < 1.29 is 5.11 Å². The van der Waals surface area contributed by atoms with Gasteiger partial charge in [-0.25, -0.2) is 0 Å². The summed E-state index contributed by atoms with van der Waals surface area (Å²) in [5.74, 6) is 0.474. The van der Waals surface area contributed by atoms with Crippen molar-refractivity contribution in [3.05, 3.63) is 17.0 Å². The van der Waals surface area contributed by atoms with Gasteiger partial charge in [0.15, 0.2) is 0 Å². The molecular formula is C17H29N3O. The Hall–Kier alpha value is -0.870. The van der Waals surface area contributed by atoms with Gasteiger partial charge in [0.05, 0.1) is 11.3 Å². The number of piperidine rings is 1. The Morgan fingerprint density at radius 1 is 1.29 bits per heavy atom. The molecule has 2 heterocycles. The smallest absolute Gasteiger partial charge is 0.0700 e. The molecule has 2 unspecified atom stereocenters. The number of aliphatic hydroxyl groups is 1. The van der Waals surface area contributed by atoms with Crippen LogP contribution in [0, 0.1) is 19.8 Å². The minimum Gasteiger partial charge on any atom is -0.390 e. The number of fused-ring (bicyclic) bond motifs is 1. The summed E-state index contributed by atoms with van der Waals surface area (Å²) in [4.78, 5) is 2.53. The highest BCUT2D eigenvalue weighted by Gasteiger charge is 2.42. The first-order valence-corrected chi connectivity index (χ1v) is 8.51. The minimum atomic E-state index is -0.369. The molecule has 0 bridgehead atoms. The van der Waals surface area contributed by atoms with Crippen LogP contribution in [0.2, 0.25) is 0 Å². The first-order chi connectivity index (χ1) is 10.0. The van der Waals surface area contributed by atoms with Crippen molar-refractivity contribution in [2.24, 2.45) is 5.92 Å². The molecule has 0 aromatic carbocycles. The van der Waals surface area contributed by atoms with Crippen molar-refractivity contribution in [1.82, 2.24) is 14.7 Å². The van der Waals surface area contributed by atoms with Crippen molar-refractivity contribution in [2.45, 2.75) is 71.6 Å². The van der Waals surface area contributed by atoms with Gasteiger partial charge in [-0.2, -0.15) is 5.10 Å². The fraction of sp³-hybridized carbons (Fsp3) is 0.824. The van der Waals surface area contributed by atoms with Gasteiger partial charge in [-0.3, -0.25) is 9.58 Å². The molecule has 4 heteroatoms. The van der Waals surface area contributed by atoms with Crippen LogP contribution >= 0.6 is 0 Å². The Morgan fingerprint density at radius 3 is 2.81 bits per heavy atom. The molecule has 21 heavy (non-hydrogen) atoms. The van der Waals surface area contributed by atoms with Gasteiger partial charge in [-0.15, -0.1) is 0 Å². The molecule has 0 spiro atoms. The Bertz CT molecular complexity index is 510. The maximum Gasteiger partial charge on any atom is 0.0700 e. The highest BCUT2D eigenvalue weighted by Crippen LogP contribution is 2.40. The molecule has 1 saturated carbocycles. The first kappa shape index (κ1) is 15.0. The maximum absolute atomic E-state index is 10.8. The predicted octanol–water partition coefficient (Wildman–Crippen LogP) is 2.65. The van der Waals surface area contributed by atoms with E-state index in [0.717, 1.165) is 39.0 Å². The molecule has 2 aliphatic rings. The lowest BCUT2D eigenvalue weighted by Gasteiger charge is -2.47. The second-order valence-corrected chi connectivity index (χ2v) is 7.00. The van der Waals surface area contributed by atoms with E-state index < -0.39 is 0 Å². The third-order valence-electron chi connectivity index (χ3n) is 5.72. The molecule has 1 saturated heterocycles. The van der Waals surface area contributed by atoms with E-state index in [9.17, 15) is 5.11 Å². The zero-order valence-electron chi connectivity index (χ0n) is 13.7. The highest BCUT2D eigenvalue weighted by molar-refractivity contribution is 5.24. The molecule has 1 aliphatic heterocycles. The van der Waals surface area contributed by atoms with E-state index in [1.54, 1.807) is 0 Å². The van der Waals surface area contributed by atoms with Gasteiger partial charge in [-0.05, 0) is 40.0 Å². The van der Waals surface area contributed by atoms with Gasteiger partial charge in [-0.1, -0.05) is 12.8 Å². The quantitative estimate of drug-likeness (QED) is 0.931. The number of hydrogen-bond acceptors (Lipinski definition) is 3. The zero-order valence-corrected chi connectivity index (χ0v) is 13.7. The molecule has 1 aromatic heterocycles. The second-order valence-electron chi connectivity index (χ2n) is 7.00. The van der Waals surface area contributed by atoms with Crippen LogP contribution < -0.4 is 0 Å². The number of nitrogens with zero attached hydrogens (tertiary/aromatic N) is 3. The number of aryl methyl sites for hydroxylation is 2. The van der Waals surface area contributed by atoms with Gasteiger partial charge >= 0.3 is 0 Å². The van der Waals surface area contributed by atoms with Crippen LogP contribution in [0.15, 0.2) is 0 Å². The lowest BCUT2D eigenvalue weighted by atomic mass is 9.71. The van der Waals surface area contributed by atoms with Crippen LogP contribution in [-0.2, 0) is 13.1 Å². The van der Waals surface area contributed by atoms with Crippen molar-refractivity contribution in [3.8, 4) is 0 Å². The highest BCUT2D eigenvalue weighted by atomic mass is 16.3. The molecule has 3 rings (SSSR count). The van der Waals surface area contributed by atoms with Crippen LogP contribution in [0.25, 0.3) is 0 Å². The standard InChI is InChI=1S/C17H29N3O/c1-4-20-14(3)16(13(2)18-20)12-19-10-9-17(21)8-6-5-7-15(17)11-19/h15,21H,4-12H2,1-3H3. The molecule has 1 aromatic rings. The van der Waals surface area contributed by atoms with Crippen LogP contribution in [-0.4, -0.2) is 38.5 Å². The molecule has 1 aliphatic carbocycles. The van der Waals surface area contributed by atoms with Gasteiger partial charge in [0.25, 0.3) is 0 Å². The van der Waals surface area contributed by atoms with E-state index in [0.29, 0.717) is 5.92 Å². The summed E-state index contributed by atoms with van der Waals surface area (Å²) in [5, 5.41) is 15.4. The summed E-state index contributed by atoms with van der Waals surface area (Å²) < 4.78 is 2.10. The van der Waals surface area contributed by atoms with Crippen LogP contribution in [0.1, 0.15) is 56.0 Å². The Labute approximate surface area is 128 Å². The molecule has 2 fully saturated rings. The fourth-order valence-corrected chi connectivity index (χ4v) is 4.28. The third kappa shape index (κ3) is 2.76. The zero-order chi connectivity index (χ0) is 15.0. The predicted molar refractivity (Wildman–Crippen MR) is 84.2 cm³/mol. The van der Waals surface area contributed by atoms with Gasteiger partial charge in [0.2, 0.25) is 0 Å². The second kappa shape index (κ2) is 5.73. The average Bonchev–Trinajstić information content (AvgIpc) is 2.74. The fourth-order valence-electron chi connectivity index (χ4n) is 4.28. The van der Waals surface area contributed by atoms with Crippen molar-refractivity contribution in [2.75, 3.05) is 13.1 Å². The molecule has 1 N–H and O–H groups in total. The number of rotatable bonds is 3. The van der Waals surface area contributed by atoms with Crippen molar-refractivity contribution >= 4 is 0 Å². The number of likely N-dealkylation sites (tertiary alicyclic amines) is 1. The van der Waals surface area contributed by atoms with E-state index in [1.807, 2.05) is 0 Å². The lowest BCUT2D eigenvalue weighted by molar-refractivity contribution is -0.0968. The Kier molecular flexibility index (Phi) is 4.10. The van der Waals surface area contributed by atoms with Crippen molar-refractivity contribution in [1.29, 1.82) is 0 Å². The summed E-state index contributed by atoms with van der Waals surface area (Å²) in [5.41, 5.74) is 3.49. The monoisotopic (exact) mass is 291 g/mol. The van der Waals surface area contributed by atoms with Gasteiger partial charge in [0.1, 0.15) is 0 Å². The molecule has 0 radical (unpaired) electrons. The Balaban J connectivity index is 1.71. The topological polar surface area (TPSA) is 41.3 Å². The third-order valence-corrected chi connectivity index (χ3v) is 5.72. The number of hydrogen-bond donors (Lipinski definition) is 1. The summed E-state index contributed by atoms with van der Waals surface area (Å²) in [6, 6.07) is 0. The van der Waals surface area contributed by atoms with E-state index in [2.05, 4.69) is 35.5 Å².